The highest BCUT2D eigenvalue weighted by molar-refractivity contribution is 5.99. The van der Waals surface area contributed by atoms with Gasteiger partial charge in [-0.1, -0.05) is 37.3 Å². The number of carbonyl (C=O) groups excluding carboxylic acids is 2. The predicted octanol–water partition coefficient (Wildman–Crippen LogP) is 5.86. The van der Waals surface area contributed by atoms with E-state index in [9.17, 15) is 9.59 Å². The van der Waals surface area contributed by atoms with E-state index >= 15 is 0 Å². The number of carbonyl (C=O) groups is 2. The maximum Gasteiger partial charge on any atom is 0.323 e. The number of para-hydroxylation sites is 1. The maximum absolute atomic E-state index is 12.4. The first-order chi connectivity index (χ1) is 15.5. The van der Waals surface area contributed by atoms with Crippen LogP contribution in [0.3, 0.4) is 0 Å². The van der Waals surface area contributed by atoms with Crippen LogP contribution in [0.4, 0.5) is 16.2 Å². The van der Waals surface area contributed by atoms with Gasteiger partial charge in [0.25, 0.3) is 0 Å². The number of anilines is 2. The van der Waals surface area contributed by atoms with Crippen molar-refractivity contribution in [2.75, 3.05) is 10.6 Å². The summed E-state index contributed by atoms with van der Waals surface area (Å²) in [5, 5.41) is 8.61. The van der Waals surface area contributed by atoms with Crippen LogP contribution in [0.5, 0.6) is 0 Å². The molecule has 0 spiro atoms. The number of hydrogen-bond donors (Lipinski definition) is 3. The number of furan rings is 1. The summed E-state index contributed by atoms with van der Waals surface area (Å²) in [4.78, 5) is 24.5. The van der Waals surface area contributed by atoms with E-state index in [1.165, 1.54) is 6.42 Å². The Morgan fingerprint density at radius 1 is 0.969 bits per heavy atom. The monoisotopic (exact) mass is 431 g/mol. The lowest BCUT2D eigenvalue weighted by Crippen LogP contribution is -2.26. The molecule has 3 aromatic rings. The number of amides is 3. The highest BCUT2D eigenvalue weighted by atomic mass is 16.3. The Hall–Kier alpha value is -3.54. The van der Waals surface area contributed by atoms with Gasteiger partial charge in [-0.2, -0.15) is 0 Å². The van der Waals surface area contributed by atoms with E-state index in [1.807, 2.05) is 73.7 Å². The molecule has 0 radical (unpaired) electrons. The van der Waals surface area contributed by atoms with Gasteiger partial charge in [-0.25, -0.2) is 4.79 Å². The highest BCUT2D eigenvalue weighted by Gasteiger charge is 2.36. The van der Waals surface area contributed by atoms with Gasteiger partial charge in [-0.3, -0.25) is 4.79 Å². The molecule has 3 N–H and O–H groups in total. The number of hydrogen-bond acceptors (Lipinski definition) is 3. The van der Waals surface area contributed by atoms with E-state index in [1.54, 1.807) is 0 Å². The van der Waals surface area contributed by atoms with Crippen molar-refractivity contribution < 1.29 is 14.0 Å². The minimum absolute atomic E-state index is 0.0142. The van der Waals surface area contributed by atoms with Crippen molar-refractivity contribution in [1.29, 1.82) is 0 Å². The maximum atomic E-state index is 12.4. The van der Waals surface area contributed by atoms with Gasteiger partial charge >= 0.3 is 6.03 Å². The van der Waals surface area contributed by atoms with Crippen molar-refractivity contribution in [2.45, 2.75) is 45.1 Å². The molecule has 6 nitrogen and oxygen atoms in total. The van der Waals surface area contributed by atoms with Gasteiger partial charge < -0.3 is 20.4 Å². The number of benzene rings is 2. The third-order valence-electron chi connectivity index (χ3n) is 5.83. The molecule has 1 aliphatic rings. The number of rotatable bonds is 8. The van der Waals surface area contributed by atoms with Crippen LogP contribution in [0.2, 0.25) is 0 Å². The van der Waals surface area contributed by atoms with Crippen molar-refractivity contribution in [1.82, 2.24) is 5.32 Å². The first-order valence-electron chi connectivity index (χ1n) is 11.1. The third-order valence-corrected chi connectivity index (χ3v) is 5.83. The number of urea groups is 1. The Labute approximate surface area is 188 Å². The molecule has 1 fully saturated rings. The highest BCUT2D eigenvalue weighted by Crippen LogP contribution is 2.47. The second-order valence-corrected chi connectivity index (χ2v) is 8.48. The third kappa shape index (κ3) is 5.78. The van der Waals surface area contributed by atoms with Gasteiger partial charge in [0.15, 0.2) is 0 Å². The largest absolute Gasteiger partial charge is 0.466 e. The molecule has 32 heavy (non-hydrogen) atoms. The molecular weight excluding hydrogens is 402 g/mol. The van der Waals surface area contributed by atoms with Gasteiger partial charge in [0.2, 0.25) is 5.91 Å². The Kier molecular flexibility index (Phi) is 6.59. The molecule has 166 valence electrons. The Morgan fingerprint density at radius 3 is 2.28 bits per heavy atom. The van der Waals surface area contributed by atoms with E-state index < -0.39 is 0 Å². The van der Waals surface area contributed by atoms with E-state index in [4.69, 9.17) is 4.42 Å². The van der Waals surface area contributed by atoms with Gasteiger partial charge in [-0.05, 0) is 61.2 Å². The van der Waals surface area contributed by atoms with Crippen molar-refractivity contribution in [3.05, 3.63) is 83.8 Å². The lowest BCUT2D eigenvalue weighted by molar-refractivity contribution is -0.121. The van der Waals surface area contributed by atoms with Crippen molar-refractivity contribution in [3.8, 4) is 0 Å². The fourth-order valence-electron chi connectivity index (χ4n) is 3.75. The van der Waals surface area contributed by atoms with E-state index in [0.717, 1.165) is 22.8 Å². The topological polar surface area (TPSA) is 83.4 Å². The molecule has 4 rings (SSSR count). The summed E-state index contributed by atoms with van der Waals surface area (Å²) < 4.78 is 5.88. The van der Waals surface area contributed by atoms with Crippen molar-refractivity contribution in [2.24, 2.45) is 5.92 Å². The molecule has 2 aromatic carbocycles. The summed E-state index contributed by atoms with van der Waals surface area (Å²) in [7, 11) is 0. The summed E-state index contributed by atoms with van der Waals surface area (Å²) in [6.45, 7) is 4.17. The zero-order valence-corrected chi connectivity index (χ0v) is 18.4. The molecule has 1 heterocycles. The van der Waals surface area contributed by atoms with Crippen LogP contribution < -0.4 is 16.0 Å². The summed E-state index contributed by atoms with van der Waals surface area (Å²) in [6, 6.07) is 20.3. The van der Waals surface area contributed by atoms with E-state index in [2.05, 4.69) is 22.9 Å². The molecule has 3 unspecified atom stereocenters. The van der Waals surface area contributed by atoms with Crippen LogP contribution in [0, 0.1) is 5.92 Å². The van der Waals surface area contributed by atoms with Gasteiger partial charge in [0.1, 0.15) is 11.5 Å². The average Bonchev–Trinajstić information content (AvgIpc) is 3.32. The fourth-order valence-corrected chi connectivity index (χ4v) is 3.75. The van der Waals surface area contributed by atoms with Gasteiger partial charge in [0, 0.05) is 30.1 Å². The zero-order chi connectivity index (χ0) is 22.5. The molecule has 0 bridgehead atoms. The van der Waals surface area contributed by atoms with Crippen LogP contribution in [-0.4, -0.2) is 11.9 Å². The van der Waals surface area contributed by atoms with Gasteiger partial charge in [0.05, 0.1) is 6.04 Å². The summed E-state index contributed by atoms with van der Waals surface area (Å²) in [5.74, 6) is 3.16. The molecule has 3 amide bonds. The summed E-state index contributed by atoms with van der Waals surface area (Å²) >= 11 is 0. The van der Waals surface area contributed by atoms with Crippen LogP contribution in [0.25, 0.3) is 0 Å². The molecule has 3 atom stereocenters. The van der Waals surface area contributed by atoms with Crippen molar-refractivity contribution in [3.63, 3.8) is 0 Å². The SMILES string of the molecule is CC(NC(=O)CCc1ccc(C2CC2C)o1)c1ccc(NC(=O)Nc2ccccc2)cc1. The molecule has 1 aromatic heterocycles. The molecule has 0 saturated heterocycles. The lowest BCUT2D eigenvalue weighted by atomic mass is 10.1. The Balaban J connectivity index is 1.22. The summed E-state index contributed by atoms with van der Waals surface area (Å²) in [6.07, 6.45) is 2.17. The average molecular weight is 432 g/mol. The second-order valence-electron chi connectivity index (χ2n) is 8.48. The van der Waals surface area contributed by atoms with E-state index in [-0.39, 0.29) is 18.0 Å². The standard InChI is InChI=1S/C26H29N3O3/c1-17-16-23(17)24-14-12-22(32-24)13-15-25(30)27-18(2)19-8-10-21(11-9-19)29-26(31)28-20-6-4-3-5-7-20/h3-12,14,17-18,23H,13,15-16H2,1-2H3,(H,27,30)(H2,28,29,31). The first-order valence-corrected chi connectivity index (χ1v) is 11.1. The quantitative estimate of drug-likeness (QED) is 0.418. The molecular formula is C26H29N3O3. The fraction of sp³-hybridized carbons (Fsp3) is 0.308. The van der Waals surface area contributed by atoms with E-state index in [0.29, 0.717) is 30.4 Å². The lowest BCUT2D eigenvalue weighted by Gasteiger charge is -2.15. The van der Waals surface area contributed by atoms with Crippen molar-refractivity contribution >= 4 is 23.3 Å². The zero-order valence-electron chi connectivity index (χ0n) is 18.4. The summed E-state index contributed by atoms with van der Waals surface area (Å²) in [5.41, 5.74) is 2.38. The van der Waals surface area contributed by atoms with Crippen LogP contribution >= 0.6 is 0 Å². The molecule has 1 saturated carbocycles. The van der Waals surface area contributed by atoms with Crippen LogP contribution in [0.1, 0.15) is 55.7 Å². The minimum atomic E-state index is -0.303. The smallest absolute Gasteiger partial charge is 0.323 e. The number of nitrogens with one attached hydrogen (secondary N) is 3. The Morgan fingerprint density at radius 2 is 1.62 bits per heavy atom. The first kappa shape index (κ1) is 21.7. The Bertz CT molecular complexity index is 1060. The van der Waals surface area contributed by atoms with Gasteiger partial charge in [-0.15, -0.1) is 0 Å². The minimum Gasteiger partial charge on any atom is -0.466 e. The van der Waals surface area contributed by atoms with Crippen LogP contribution in [0.15, 0.2) is 71.1 Å². The normalized spacial score (nSPS) is 17.9. The second kappa shape index (κ2) is 9.73. The molecule has 0 aliphatic heterocycles. The number of aryl methyl sites for hydroxylation is 1. The predicted molar refractivity (Wildman–Crippen MR) is 126 cm³/mol. The molecule has 1 aliphatic carbocycles. The van der Waals surface area contributed by atoms with Crippen LogP contribution in [-0.2, 0) is 11.2 Å². The molecule has 6 heteroatoms.